The van der Waals surface area contributed by atoms with Crippen LogP contribution in [0.4, 0.5) is 4.79 Å². The summed E-state index contributed by atoms with van der Waals surface area (Å²) >= 11 is 0. The van der Waals surface area contributed by atoms with Gasteiger partial charge in [-0.05, 0) is 27.2 Å². The van der Waals surface area contributed by atoms with E-state index in [1.54, 1.807) is 20.8 Å². The van der Waals surface area contributed by atoms with Crippen LogP contribution in [0.1, 0.15) is 33.6 Å². The molecule has 2 N–H and O–H groups in total. The molecule has 7 nitrogen and oxygen atoms in total. The van der Waals surface area contributed by atoms with Gasteiger partial charge in [-0.1, -0.05) is 0 Å². The van der Waals surface area contributed by atoms with Gasteiger partial charge in [0, 0.05) is 6.21 Å². The van der Waals surface area contributed by atoms with E-state index in [-0.39, 0.29) is 6.42 Å². The molecule has 18 heavy (non-hydrogen) atoms. The molecule has 0 saturated carbocycles. The molecule has 0 aliphatic heterocycles. The first-order valence-electron chi connectivity index (χ1n) is 5.32. The van der Waals surface area contributed by atoms with Gasteiger partial charge in [0.2, 0.25) is 0 Å². The standard InChI is InChI=1S/C11H17NO6/c1-11(2,3)18-10(17)12-5-4-7(9(15)16)6-8(13)14/h5,7H,4,6H2,1-3H3,(H,13,14)(H,15,16). The van der Waals surface area contributed by atoms with Gasteiger partial charge in [0.05, 0.1) is 12.3 Å². The normalized spacial score (nSPS) is 13.3. The van der Waals surface area contributed by atoms with Crippen LogP contribution in [-0.2, 0) is 14.3 Å². The van der Waals surface area contributed by atoms with E-state index in [9.17, 15) is 14.4 Å². The molecule has 0 spiro atoms. The quantitative estimate of drug-likeness (QED) is 0.724. The van der Waals surface area contributed by atoms with Crippen molar-refractivity contribution in [2.45, 2.75) is 39.2 Å². The molecule has 7 heteroatoms. The van der Waals surface area contributed by atoms with Gasteiger partial charge < -0.3 is 14.9 Å². The highest BCUT2D eigenvalue weighted by Crippen LogP contribution is 2.09. The van der Waals surface area contributed by atoms with Crippen molar-refractivity contribution < 1.29 is 29.3 Å². The number of hydrogen-bond donors (Lipinski definition) is 2. The van der Waals surface area contributed by atoms with Crippen LogP contribution in [0.5, 0.6) is 0 Å². The predicted octanol–water partition coefficient (Wildman–Crippen LogP) is 1.56. The molecule has 0 bridgehead atoms. The second-order valence-electron chi connectivity index (χ2n) is 4.66. The molecule has 0 saturated heterocycles. The summed E-state index contributed by atoms with van der Waals surface area (Å²) in [6.07, 6.45) is -0.422. The third-order valence-corrected chi connectivity index (χ3v) is 1.75. The van der Waals surface area contributed by atoms with Crippen molar-refractivity contribution >= 4 is 24.2 Å². The number of rotatable bonds is 5. The Morgan fingerprint density at radius 3 is 2.22 bits per heavy atom. The van der Waals surface area contributed by atoms with Crippen LogP contribution >= 0.6 is 0 Å². The van der Waals surface area contributed by atoms with Crippen molar-refractivity contribution in [1.29, 1.82) is 0 Å². The third-order valence-electron chi connectivity index (χ3n) is 1.75. The van der Waals surface area contributed by atoms with E-state index < -0.39 is 36.0 Å². The number of aliphatic carboxylic acids is 2. The smallest absolute Gasteiger partial charge is 0.433 e. The van der Waals surface area contributed by atoms with Gasteiger partial charge in [0.15, 0.2) is 0 Å². The number of amides is 1. The lowest BCUT2D eigenvalue weighted by molar-refractivity contribution is -0.147. The van der Waals surface area contributed by atoms with Gasteiger partial charge in [0.25, 0.3) is 0 Å². The zero-order chi connectivity index (χ0) is 14.3. The SMILES string of the molecule is CC(C)(C)OC(=O)N=CCC(CC(=O)O)C(=O)O. The van der Waals surface area contributed by atoms with Gasteiger partial charge in [-0.15, -0.1) is 0 Å². The first-order chi connectivity index (χ1) is 8.11. The minimum Gasteiger partial charge on any atom is -0.481 e. The van der Waals surface area contributed by atoms with Crippen LogP contribution in [0.15, 0.2) is 4.99 Å². The fraction of sp³-hybridized carbons (Fsp3) is 0.636. The van der Waals surface area contributed by atoms with E-state index in [1.807, 2.05) is 0 Å². The molecule has 0 aromatic rings. The molecular weight excluding hydrogens is 242 g/mol. The summed E-state index contributed by atoms with van der Waals surface area (Å²) in [5.41, 5.74) is -0.679. The topological polar surface area (TPSA) is 113 Å². The molecule has 0 aromatic carbocycles. The summed E-state index contributed by atoms with van der Waals surface area (Å²) in [6, 6.07) is 0. The highest BCUT2D eigenvalue weighted by Gasteiger charge is 2.20. The molecule has 0 aromatic heterocycles. The molecule has 102 valence electrons. The van der Waals surface area contributed by atoms with Gasteiger partial charge >= 0.3 is 18.0 Å². The molecule has 1 amide bonds. The molecule has 0 radical (unpaired) electrons. The fourth-order valence-corrected chi connectivity index (χ4v) is 1.03. The zero-order valence-corrected chi connectivity index (χ0v) is 10.5. The minimum atomic E-state index is -1.24. The molecular formula is C11H17NO6. The summed E-state index contributed by atoms with van der Waals surface area (Å²) < 4.78 is 4.86. The highest BCUT2D eigenvalue weighted by molar-refractivity contribution is 5.84. The largest absolute Gasteiger partial charge is 0.481 e. The Kier molecular flexibility index (Phi) is 6.01. The van der Waals surface area contributed by atoms with Gasteiger partial charge in [-0.3, -0.25) is 9.59 Å². The minimum absolute atomic E-state index is 0.138. The van der Waals surface area contributed by atoms with E-state index in [4.69, 9.17) is 14.9 Å². The maximum atomic E-state index is 11.1. The van der Waals surface area contributed by atoms with Crippen molar-refractivity contribution in [3.05, 3.63) is 0 Å². The van der Waals surface area contributed by atoms with Crippen molar-refractivity contribution in [3.63, 3.8) is 0 Å². The summed E-state index contributed by atoms with van der Waals surface area (Å²) in [6.45, 7) is 5.01. The van der Waals surface area contributed by atoms with Gasteiger partial charge in [-0.25, -0.2) is 4.79 Å². The Morgan fingerprint density at radius 1 is 1.28 bits per heavy atom. The Hall–Kier alpha value is -1.92. The second kappa shape index (κ2) is 6.73. The lowest BCUT2D eigenvalue weighted by atomic mass is 10.0. The molecule has 1 unspecified atom stereocenters. The van der Waals surface area contributed by atoms with Crippen LogP contribution < -0.4 is 0 Å². The lowest BCUT2D eigenvalue weighted by Crippen LogP contribution is -2.22. The van der Waals surface area contributed by atoms with E-state index >= 15 is 0 Å². The molecule has 0 aliphatic rings. The summed E-state index contributed by atoms with van der Waals surface area (Å²) in [5.74, 6) is -3.56. The number of hydrogen-bond acceptors (Lipinski definition) is 4. The molecule has 0 aliphatic carbocycles. The van der Waals surface area contributed by atoms with Gasteiger partial charge in [0.1, 0.15) is 5.60 Å². The zero-order valence-electron chi connectivity index (χ0n) is 10.5. The summed E-state index contributed by atoms with van der Waals surface area (Å²) in [7, 11) is 0. The molecule has 0 rings (SSSR count). The number of carboxylic acid groups (broad SMARTS) is 2. The third kappa shape index (κ3) is 8.26. The van der Waals surface area contributed by atoms with Crippen LogP contribution in [0.3, 0.4) is 0 Å². The molecule has 1 atom stereocenters. The lowest BCUT2D eigenvalue weighted by Gasteiger charge is -2.17. The van der Waals surface area contributed by atoms with Crippen molar-refractivity contribution in [1.82, 2.24) is 0 Å². The number of carbonyl (C=O) groups excluding carboxylic acids is 1. The average molecular weight is 259 g/mol. The van der Waals surface area contributed by atoms with Crippen molar-refractivity contribution in [2.24, 2.45) is 10.9 Å². The fourth-order valence-electron chi connectivity index (χ4n) is 1.03. The van der Waals surface area contributed by atoms with E-state index in [2.05, 4.69) is 4.99 Å². The predicted molar refractivity (Wildman–Crippen MR) is 62.7 cm³/mol. The Labute approximate surface area is 104 Å². The number of ether oxygens (including phenoxy) is 1. The number of nitrogens with zero attached hydrogens (tertiary/aromatic N) is 1. The first kappa shape index (κ1) is 16.1. The number of carboxylic acids is 2. The van der Waals surface area contributed by atoms with E-state index in [0.29, 0.717) is 0 Å². The Morgan fingerprint density at radius 2 is 1.83 bits per heavy atom. The maximum Gasteiger partial charge on any atom is 0.433 e. The van der Waals surface area contributed by atoms with E-state index in [1.165, 1.54) is 0 Å². The highest BCUT2D eigenvalue weighted by atomic mass is 16.6. The Balaban J connectivity index is 4.31. The van der Waals surface area contributed by atoms with E-state index in [0.717, 1.165) is 6.21 Å². The second-order valence-corrected chi connectivity index (χ2v) is 4.66. The van der Waals surface area contributed by atoms with Crippen molar-refractivity contribution in [3.8, 4) is 0 Å². The maximum absolute atomic E-state index is 11.1. The first-order valence-corrected chi connectivity index (χ1v) is 5.32. The molecule has 0 heterocycles. The summed E-state index contributed by atoms with van der Waals surface area (Å²) in [4.78, 5) is 35.6. The van der Waals surface area contributed by atoms with Crippen molar-refractivity contribution in [2.75, 3.05) is 0 Å². The number of carbonyl (C=O) groups is 3. The summed E-state index contributed by atoms with van der Waals surface area (Å²) in [5, 5.41) is 17.2. The van der Waals surface area contributed by atoms with Crippen LogP contribution in [0.2, 0.25) is 0 Å². The van der Waals surface area contributed by atoms with Gasteiger partial charge in [-0.2, -0.15) is 4.99 Å². The molecule has 0 fully saturated rings. The number of aliphatic imine (C=N–C) groups is 1. The average Bonchev–Trinajstić information content (AvgIpc) is 2.12. The van der Waals surface area contributed by atoms with Crippen LogP contribution in [-0.4, -0.2) is 40.1 Å². The van der Waals surface area contributed by atoms with Crippen LogP contribution in [0.25, 0.3) is 0 Å². The Bertz CT molecular complexity index is 355. The van der Waals surface area contributed by atoms with Crippen LogP contribution in [0, 0.1) is 5.92 Å². The monoisotopic (exact) mass is 259 g/mol.